The Labute approximate surface area is 658 Å². The summed E-state index contributed by atoms with van der Waals surface area (Å²) in [5.74, 6) is -2.09. The molecule has 0 aliphatic carbocycles. The number of ether oxygens (including phenoxy) is 4. The lowest BCUT2D eigenvalue weighted by Crippen LogP contribution is -2.30. The van der Waals surface area contributed by atoms with Gasteiger partial charge in [0.1, 0.15) is 19.3 Å². The van der Waals surface area contributed by atoms with Gasteiger partial charge >= 0.3 is 39.5 Å². The number of hydrogen-bond acceptors (Lipinski definition) is 15. The van der Waals surface area contributed by atoms with Crippen LogP contribution in [0.5, 0.6) is 0 Å². The summed E-state index contributed by atoms with van der Waals surface area (Å²) in [5, 5.41) is 10.7. The smallest absolute Gasteiger partial charge is 0.462 e. The molecule has 0 rings (SSSR count). The van der Waals surface area contributed by atoms with Crippen LogP contribution in [-0.4, -0.2) is 96.7 Å². The first-order chi connectivity index (χ1) is 52.2. The molecule has 107 heavy (non-hydrogen) atoms. The Morgan fingerprint density at radius 2 is 0.374 bits per heavy atom. The van der Waals surface area contributed by atoms with E-state index in [0.717, 1.165) is 89.9 Å². The number of carbonyl (C=O) groups excluding carboxylic acids is 4. The third kappa shape index (κ3) is 81.9. The average molecular weight is 1560 g/mol. The maximum absolute atomic E-state index is 13.2. The molecule has 17 nitrogen and oxygen atoms in total. The van der Waals surface area contributed by atoms with Crippen LogP contribution in [-0.2, 0) is 65.4 Å². The molecule has 0 saturated heterocycles. The van der Waals surface area contributed by atoms with Crippen molar-refractivity contribution in [2.45, 2.75) is 502 Å². The average Bonchev–Trinajstić information content (AvgIpc) is 0.901. The van der Waals surface area contributed by atoms with Gasteiger partial charge in [-0.15, -0.1) is 0 Å². The molecule has 0 saturated carbocycles. The van der Waals surface area contributed by atoms with E-state index in [2.05, 4.69) is 27.7 Å². The largest absolute Gasteiger partial charge is 0.472 e. The van der Waals surface area contributed by atoms with E-state index in [1.54, 1.807) is 0 Å². The molecule has 0 spiro atoms. The van der Waals surface area contributed by atoms with Crippen LogP contribution in [0.15, 0.2) is 0 Å². The highest BCUT2D eigenvalue weighted by Crippen LogP contribution is 2.45. The molecular weight excluding hydrogens is 1390 g/mol. The predicted molar refractivity (Wildman–Crippen MR) is 442 cm³/mol. The third-order valence-corrected chi connectivity index (χ3v) is 22.8. The quantitative estimate of drug-likeness (QED) is 0.0222. The molecule has 0 aromatic carbocycles. The van der Waals surface area contributed by atoms with E-state index in [4.69, 9.17) is 37.0 Å². The number of rotatable bonds is 89. The molecule has 0 bridgehead atoms. The summed E-state index contributed by atoms with van der Waals surface area (Å²) < 4.78 is 69.0. The van der Waals surface area contributed by atoms with Crippen molar-refractivity contribution in [2.24, 2.45) is 0 Å². The second kappa shape index (κ2) is 82.1. The zero-order valence-electron chi connectivity index (χ0n) is 70.1. The van der Waals surface area contributed by atoms with E-state index in [9.17, 15) is 43.2 Å². The first-order valence-electron chi connectivity index (χ1n) is 45.8. The first kappa shape index (κ1) is 105. The summed E-state index contributed by atoms with van der Waals surface area (Å²) in [4.78, 5) is 73.3. The molecule has 19 heteroatoms. The molecule has 636 valence electrons. The minimum atomic E-state index is -4.97. The SMILES string of the molecule is CCCCCCCCCCCCCCCCCCCCCCCC(=O)O[C@H](COC(=O)CCCCCCCCCCCCCCCCCCCCCC)COP(=O)(O)OC[C@@H](O)COP(=O)(O)OC[C@@H](COC(=O)CCCCCCCCCCCCCC)OC(=O)CCCCCCCCCCCCCCCC. The van der Waals surface area contributed by atoms with Gasteiger partial charge in [-0.25, -0.2) is 9.13 Å². The summed E-state index contributed by atoms with van der Waals surface area (Å²) in [6.45, 7) is 5.07. The third-order valence-electron chi connectivity index (χ3n) is 20.9. The van der Waals surface area contributed by atoms with Crippen LogP contribution >= 0.6 is 15.6 Å². The molecular formula is C88H172O17P2. The Morgan fingerprint density at radius 3 is 0.551 bits per heavy atom. The standard InChI is InChI=1S/C88H172O17P2/c1-5-9-13-17-21-25-29-33-36-38-40-42-44-46-48-51-55-59-63-67-71-75-88(93)105-84(79-99-86(91)73-69-65-61-57-53-50-47-45-43-41-39-37-34-30-26-22-18-14-10-6-2)81-103-107(96,97)101-77-82(89)76-100-106(94,95)102-80-83(78-98-85(90)72-68-64-60-56-52-32-28-24-20-16-12-8-4)104-87(92)74-70-66-62-58-54-49-35-31-27-23-19-15-11-7-3/h82-84,89H,5-81H2,1-4H3,(H,94,95)(H,96,97)/t82-,83+,84+/m0/s1. The molecule has 0 aromatic heterocycles. The fourth-order valence-corrected chi connectivity index (χ4v) is 15.5. The first-order valence-corrected chi connectivity index (χ1v) is 48.8. The monoisotopic (exact) mass is 1560 g/mol. The van der Waals surface area contributed by atoms with Crippen LogP contribution in [0.3, 0.4) is 0 Å². The molecule has 0 heterocycles. The van der Waals surface area contributed by atoms with Gasteiger partial charge in [-0.3, -0.25) is 37.3 Å². The summed E-state index contributed by atoms with van der Waals surface area (Å²) >= 11 is 0. The molecule has 0 aliphatic heterocycles. The second-order valence-corrected chi connectivity index (χ2v) is 34.5. The van der Waals surface area contributed by atoms with Gasteiger partial charge in [0, 0.05) is 25.7 Å². The normalized spacial score (nSPS) is 13.7. The van der Waals surface area contributed by atoms with Crippen molar-refractivity contribution < 1.29 is 80.2 Å². The number of esters is 4. The van der Waals surface area contributed by atoms with Gasteiger partial charge in [0.05, 0.1) is 26.4 Å². The van der Waals surface area contributed by atoms with Crippen LogP contribution in [0.4, 0.5) is 0 Å². The van der Waals surface area contributed by atoms with Gasteiger partial charge in [0.25, 0.3) is 0 Å². The van der Waals surface area contributed by atoms with E-state index in [1.165, 1.54) is 315 Å². The zero-order valence-corrected chi connectivity index (χ0v) is 71.9. The number of phosphoric ester groups is 2. The van der Waals surface area contributed by atoms with Crippen molar-refractivity contribution in [2.75, 3.05) is 39.6 Å². The second-order valence-electron chi connectivity index (χ2n) is 31.6. The van der Waals surface area contributed by atoms with Crippen molar-refractivity contribution in [3.05, 3.63) is 0 Å². The van der Waals surface area contributed by atoms with Crippen molar-refractivity contribution in [1.29, 1.82) is 0 Å². The van der Waals surface area contributed by atoms with E-state index in [0.29, 0.717) is 25.7 Å². The van der Waals surface area contributed by atoms with E-state index in [-0.39, 0.29) is 25.7 Å². The zero-order chi connectivity index (χ0) is 78.1. The Balaban J connectivity index is 5.23. The number of hydrogen-bond donors (Lipinski definition) is 3. The van der Waals surface area contributed by atoms with Gasteiger partial charge in [-0.2, -0.15) is 0 Å². The maximum atomic E-state index is 13.2. The molecule has 5 atom stereocenters. The topological polar surface area (TPSA) is 237 Å². The molecule has 0 aliphatic rings. The Morgan fingerprint density at radius 1 is 0.224 bits per heavy atom. The molecule has 0 fully saturated rings. The molecule has 3 N–H and O–H groups in total. The van der Waals surface area contributed by atoms with Crippen molar-refractivity contribution in [3.8, 4) is 0 Å². The fourth-order valence-electron chi connectivity index (χ4n) is 13.9. The summed E-state index contributed by atoms with van der Waals surface area (Å²) in [7, 11) is -9.93. The lowest BCUT2D eigenvalue weighted by Gasteiger charge is -2.21. The van der Waals surface area contributed by atoms with Gasteiger partial charge in [-0.05, 0) is 25.7 Å². The fraction of sp³-hybridized carbons (Fsp3) is 0.955. The van der Waals surface area contributed by atoms with Gasteiger partial charge < -0.3 is 33.8 Å². The number of phosphoric acid groups is 2. The Bertz CT molecular complexity index is 2020. The van der Waals surface area contributed by atoms with Crippen LogP contribution in [0.2, 0.25) is 0 Å². The highest BCUT2D eigenvalue weighted by Gasteiger charge is 2.30. The molecule has 0 amide bonds. The van der Waals surface area contributed by atoms with Crippen molar-refractivity contribution in [3.63, 3.8) is 0 Å². The number of unbranched alkanes of at least 4 members (excludes halogenated alkanes) is 63. The Kier molecular flexibility index (Phi) is 80.6. The van der Waals surface area contributed by atoms with Crippen LogP contribution in [0.1, 0.15) is 484 Å². The van der Waals surface area contributed by atoms with Crippen LogP contribution < -0.4 is 0 Å². The van der Waals surface area contributed by atoms with Crippen molar-refractivity contribution >= 4 is 39.5 Å². The highest BCUT2D eigenvalue weighted by molar-refractivity contribution is 7.47. The van der Waals surface area contributed by atoms with E-state index in [1.807, 2.05) is 0 Å². The minimum absolute atomic E-state index is 0.109. The molecule has 0 aromatic rings. The number of carbonyl (C=O) groups is 4. The Hall–Kier alpha value is -1.94. The van der Waals surface area contributed by atoms with Crippen LogP contribution in [0.25, 0.3) is 0 Å². The summed E-state index contributed by atoms with van der Waals surface area (Å²) in [6, 6.07) is 0. The van der Waals surface area contributed by atoms with Crippen molar-refractivity contribution in [1.82, 2.24) is 0 Å². The summed E-state index contributed by atoms with van der Waals surface area (Å²) in [5.41, 5.74) is 0. The van der Waals surface area contributed by atoms with Gasteiger partial charge in [-0.1, -0.05) is 432 Å². The van der Waals surface area contributed by atoms with E-state index >= 15 is 0 Å². The van der Waals surface area contributed by atoms with Gasteiger partial charge in [0.15, 0.2) is 12.2 Å². The lowest BCUT2D eigenvalue weighted by molar-refractivity contribution is -0.161. The number of aliphatic hydroxyl groups is 1. The maximum Gasteiger partial charge on any atom is 0.472 e. The van der Waals surface area contributed by atoms with Crippen LogP contribution in [0, 0.1) is 0 Å². The predicted octanol–water partition coefficient (Wildman–Crippen LogP) is 27.3. The summed E-state index contributed by atoms with van der Waals surface area (Å²) in [6.07, 6.45) is 77.8. The minimum Gasteiger partial charge on any atom is -0.462 e. The lowest BCUT2D eigenvalue weighted by atomic mass is 10.0. The number of aliphatic hydroxyl groups excluding tert-OH is 1. The molecule has 0 radical (unpaired) electrons. The van der Waals surface area contributed by atoms with E-state index < -0.39 is 97.5 Å². The molecule has 2 unspecified atom stereocenters. The van der Waals surface area contributed by atoms with Gasteiger partial charge in [0.2, 0.25) is 0 Å². The highest BCUT2D eigenvalue weighted by atomic mass is 31.2.